The first kappa shape index (κ1) is 18.7. The molecular weight excluding hydrogens is 358 g/mol. The number of aromatic nitrogens is 2. The molecule has 1 aliphatic heterocycles. The van der Waals surface area contributed by atoms with Gasteiger partial charge in [0, 0.05) is 13.5 Å². The molecule has 1 fully saturated rings. The molecule has 0 radical (unpaired) electrons. The molecule has 0 unspecified atom stereocenters. The highest BCUT2D eigenvalue weighted by molar-refractivity contribution is 6.35. The monoisotopic (exact) mass is 379 g/mol. The Labute approximate surface area is 156 Å². The van der Waals surface area contributed by atoms with Crippen molar-refractivity contribution in [3.8, 4) is 0 Å². The molecule has 1 N–H and O–H groups in total. The summed E-state index contributed by atoms with van der Waals surface area (Å²) in [5, 5.41) is 10.8. The van der Waals surface area contributed by atoms with Crippen LogP contribution in [0.25, 0.3) is 10.9 Å². The number of aliphatic hydroxyl groups excluding tert-OH is 1. The lowest BCUT2D eigenvalue weighted by molar-refractivity contribution is 0.0198. The van der Waals surface area contributed by atoms with Gasteiger partial charge in [-0.1, -0.05) is 17.7 Å². The molecule has 2 heterocycles. The molecule has 2 aromatic rings. The number of hydrogen-bond acceptors (Lipinski definition) is 5. The molecule has 7 nitrogen and oxygen atoms in total. The third kappa shape index (κ3) is 3.41. The van der Waals surface area contributed by atoms with Crippen molar-refractivity contribution in [1.82, 2.24) is 14.5 Å². The van der Waals surface area contributed by atoms with Crippen LogP contribution in [0.3, 0.4) is 0 Å². The number of carbonyl (C=O) groups excluding carboxylic acids is 1. The fourth-order valence-electron chi connectivity index (χ4n) is 3.17. The second-order valence-corrected chi connectivity index (χ2v) is 7.91. The smallest absolute Gasteiger partial charge is 0.411 e. The van der Waals surface area contributed by atoms with E-state index in [4.69, 9.17) is 16.3 Å². The number of halogens is 1. The molecule has 26 heavy (non-hydrogen) atoms. The average Bonchev–Trinajstić information content (AvgIpc) is 2.91. The highest BCUT2D eigenvalue weighted by atomic mass is 35.5. The van der Waals surface area contributed by atoms with Crippen LogP contribution in [0.4, 0.5) is 4.79 Å². The topological polar surface area (TPSA) is 84.7 Å². The lowest BCUT2D eigenvalue weighted by Crippen LogP contribution is -2.39. The summed E-state index contributed by atoms with van der Waals surface area (Å²) in [7, 11) is 1.59. The van der Waals surface area contributed by atoms with E-state index in [2.05, 4.69) is 4.98 Å². The summed E-state index contributed by atoms with van der Waals surface area (Å²) in [6.45, 7) is 5.46. The number of ether oxygens (including phenoxy) is 1. The summed E-state index contributed by atoms with van der Waals surface area (Å²) >= 11 is 6.14. The minimum Gasteiger partial charge on any atom is -0.444 e. The highest BCUT2D eigenvalue weighted by Gasteiger charge is 2.40. The van der Waals surface area contributed by atoms with Gasteiger partial charge in [-0.3, -0.25) is 14.3 Å². The van der Waals surface area contributed by atoms with Gasteiger partial charge < -0.3 is 9.84 Å². The maximum Gasteiger partial charge on any atom is 0.411 e. The van der Waals surface area contributed by atoms with Crippen molar-refractivity contribution >= 4 is 28.6 Å². The number of aliphatic hydroxyl groups is 1. The Balaban J connectivity index is 2.08. The number of β-amino-alcohol motifs (C(OH)–C–C–N with tert-alkyl or cyclic N) is 1. The molecule has 2 atom stereocenters. The van der Waals surface area contributed by atoms with Gasteiger partial charge in [0.2, 0.25) is 0 Å². The Morgan fingerprint density at radius 3 is 2.73 bits per heavy atom. The lowest BCUT2D eigenvalue weighted by atomic mass is 10.1. The van der Waals surface area contributed by atoms with E-state index in [9.17, 15) is 14.7 Å². The van der Waals surface area contributed by atoms with E-state index in [0.717, 1.165) is 0 Å². The van der Waals surface area contributed by atoms with Crippen LogP contribution < -0.4 is 5.56 Å². The molecule has 0 aliphatic carbocycles. The van der Waals surface area contributed by atoms with Crippen LogP contribution in [-0.2, 0) is 11.8 Å². The van der Waals surface area contributed by atoms with Gasteiger partial charge >= 0.3 is 6.09 Å². The molecule has 3 rings (SSSR count). The van der Waals surface area contributed by atoms with Crippen molar-refractivity contribution in [2.75, 3.05) is 6.54 Å². The van der Waals surface area contributed by atoms with E-state index in [1.54, 1.807) is 46.0 Å². The number of rotatable bonds is 1. The van der Waals surface area contributed by atoms with Crippen LogP contribution >= 0.6 is 11.6 Å². The van der Waals surface area contributed by atoms with Gasteiger partial charge in [0.05, 0.1) is 34.6 Å². The van der Waals surface area contributed by atoms with Gasteiger partial charge in [-0.25, -0.2) is 9.78 Å². The number of benzene rings is 1. The third-order valence-corrected chi connectivity index (χ3v) is 4.61. The van der Waals surface area contributed by atoms with Crippen LogP contribution in [0.15, 0.2) is 23.0 Å². The van der Waals surface area contributed by atoms with Crippen LogP contribution in [0.1, 0.15) is 39.1 Å². The van der Waals surface area contributed by atoms with Crippen molar-refractivity contribution in [1.29, 1.82) is 0 Å². The molecule has 1 aromatic heterocycles. The lowest BCUT2D eigenvalue weighted by Gasteiger charge is -2.28. The normalized spacial score (nSPS) is 20.6. The van der Waals surface area contributed by atoms with Crippen molar-refractivity contribution < 1.29 is 14.6 Å². The van der Waals surface area contributed by atoms with Gasteiger partial charge in [-0.2, -0.15) is 0 Å². The zero-order chi connectivity index (χ0) is 19.2. The van der Waals surface area contributed by atoms with Crippen molar-refractivity contribution in [2.24, 2.45) is 7.05 Å². The van der Waals surface area contributed by atoms with Crippen molar-refractivity contribution in [3.63, 3.8) is 0 Å². The summed E-state index contributed by atoms with van der Waals surface area (Å²) in [4.78, 5) is 31.3. The fraction of sp³-hybridized carbons (Fsp3) is 0.500. The molecule has 1 amide bonds. The standard InChI is InChI=1S/C18H22ClN3O4/c1-18(2,3)26-17(25)22-9-10(23)8-13(22)15-20-12-7-5-6-11(19)14(12)16(24)21(15)4/h5-7,10,13,23H,8-9H2,1-4H3/t10-,13+/m1/s1. The number of hydrogen-bond donors (Lipinski definition) is 1. The largest absolute Gasteiger partial charge is 0.444 e. The fourth-order valence-corrected chi connectivity index (χ4v) is 3.42. The minimum absolute atomic E-state index is 0.128. The third-order valence-electron chi connectivity index (χ3n) is 4.29. The van der Waals surface area contributed by atoms with Crippen molar-refractivity contribution in [3.05, 3.63) is 39.4 Å². The minimum atomic E-state index is -0.709. The second kappa shape index (κ2) is 6.55. The van der Waals surface area contributed by atoms with Gasteiger partial charge in [0.25, 0.3) is 5.56 Å². The van der Waals surface area contributed by atoms with Gasteiger partial charge in [0.15, 0.2) is 0 Å². The summed E-state index contributed by atoms with van der Waals surface area (Å²) in [6, 6.07) is 4.51. The van der Waals surface area contributed by atoms with Crippen LogP contribution in [0, 0.1) is 0 Å². The Morgan fingerprint density at radius 2 is 2.08 bits per heavy atom. The molecule has 1 aromatic carbocycles. The average molecular weight is 380 g/mol. The zero-order valence-electron chi connectivity index (χ0n) is 15.2. The molecule has 1 aliphatic rings. The van der Waals surface area contributed by atoms with Crippen LogP contribution in [0.5, 0.6) is 0 Å². The zero-order valence-corrected chi connectivity index (χ0v) is 15.9. The van der Waals surface area contributed by atoms with E-state index < -0.39 is 23.8 Å². The number of carbonyl (C=O) groups is 1. The van der Waals surface area contributed by atoms with Gasteiger partial charge in [-0.05, 0) is 32.9 Å². The summed E-state index contributed by atoms with van der Waals surface area (Å²) in [5.74, 6) is 0.396. The Kier molecular flexibility index (Phi) is 4.71. The quantitative estimate of drug-likeness (QED) is 0.823. The Hall–Kier alpha value is -2.12. The molecule has 8 heteroatoms. The predicted molar refractivity (Wildman–Crippen MR) is 98.3 cm³/mol. The number of likely N-dealkylation sites (tertiary alicyclic amines) is 1. The van der Waals surface area contributed by atoms with E-state index in [-0.39, 0.29) is 18.5 Å². The SMILES string of the molecule is Cn1c([C@@H]2C[C@@H](O)CN2C(=O)OC(C)(C)C)nc2cccc(Cl)c2c1=O. The Bertz CT molecular complexity index is 919. The maximum atomic E-state index is 12.8. The van der Waals surface area contributed by atoms with E-state index >= 15 is 0 Å². The summed E-state index contributed by atoms with van der Waals surface area (Å²) in [5.41, 5.74) is -0.493. The van der Waals surface area contributed by atoms with Crippen LogP contribution in [0.2, 0.25) is 5.02 Å². The maximum absolute atomic E-state index is 12.8. The molecule has 140 valence electrons. The first-order valence-corrected chi connectivity index (χ1v) is 8.79. The number of fused-ring (bicyclic) bond motifs is 1. The number of nitrogens with zero attached hydrogens (tertiary/aromatic N) is 3. The Morgan fingerprint density at radius 1 is 1.38 bits per heavy atom. The van der Waals surface area contributed by atoms with Crippen molar-refractivity contribution in [2.45, 2.75) is 44.9 Å². The highest BCUT2D eigenvalue weighted by Crippen LogP contribution is 2.33. The van der Waals surface area contributed by atoms with Gasteiger partial charge in [-0.15, -0.1) is 0 Å². The first-order valence-electron chi connectivity index (χ1n) is 8.41. The number of amides is 1. The van der Waals surface area contributed by atoms with Crippen LogP contribution in [-0.4, -0.2) is 43.9 Å². The molecule has 0 spiro atoms. The molecular formula is C18H22ClN3O4. The molecule has 0 saturated carbocycles. The summed E-state index contributed by atoms with van der Waals surface area (Å²) < 4.78 is 6.82. The van der Waals surface area contributed by atoms with Gasteiger partial charge in [0.1, 0.15) is 11.4 Å². The van der Waals surface area contributed by atoms with E-state index in [1.165, 1.54) is 9.47 Å². The van der Waals surface area contributed by atoms with E-state index in [1.807, 2.05) is 0 Å². The van der Waals surface area contributed by atoms with E-state index in [0.29, 0.717) is 21.7 Å². The predicted octanol–water partition coefficient (Wildman–Crippen LogP) is 2.63. The second-order valence-electron chi connectivity index (χ2n) is 7.51. The summed E-state index contributed by atoms with van der Waals surface area (Å²) in [6.07, 6.45) is -0.968. The molecule has 0 bridgehead atoms. The first-order chi connectivity index (χ1) is 12.1. The molecule has 1 saturated heterocycles.